The average molecular weight is 677 g/mol. The molecule has 0 bridgehead atoms. The Hall–Kier alpha value is -3.63. The zero-order chi connectivity index (χ0) is 33.8. The molecule has 0 aromatic heterocycles. The number of carboxylic acid groups (broad SMARTS) is 1. The van der Waals surface area contributed by atoms with Crippen LogP contribution in [-0.4, -0.2) is 111 Å². The number of urea groups is 1. The first-order valence-electron chi connectivity index (χ1n) is 15.7. The van der Waals surface area contributed by atoms with Crippen LogP contribution < -0.4 is 20.1 Å². The molecule has 3 amide bonds. The number of hydrogen-bond acceptors (Lipinski definition) is 9. The molecule has 47 heavy (non-hydrogen) atoms. The van der Waals surface area contributed by atoms with E-state index >= 15 is 0 Å². The molecule has 2 aromatic rings. The van der Waals surface area contributed by atoms with E-state index in [9.17, 15) is 28.2 Å². The number of hydrogen-bond donors (Lipinski definition) is 4. The Morgan fingerprint density at radius 1 is 1.09 bits per heavy atom. The summed E-state index contributed by atoms with van der Waals surface area (Å²) in [6.07, 6.45) is -2.03. The second kappa shape index (κ2) is 14.6. The first-order chi connectivity index (χ1) is 22.4. The van der Waals surface area contributed by atoms with Gasteiger partial charge in [-0.1, -0.05) is 44.2 Å². The minimum Gasteiger partial charge on any atom is -0.465 e. The Labute approximate surface area is 275 Å². The van der Waals surface area contributed by atoms with E-state index in [-0.39, 0.29) is 55.5 Å². The second-order valence-corrected chi connectivity index (χ2v) is 14.8. The van der Waals surface area contributed by atoms with Crippen molar-refractivity contribution in [3.8, 4) is 11.5 Å². The van der Waals surface area contributed by atoms with Crippen molar-refractivity contribution in [2.45, 2.75) is 62.5 Å². The summed E-state index contributed by atoms with van der Waals surface area (Å²) in [6.45, 7) is 4.09. The summed E-state index contributed by atoms with van der Waals surface area (Å²) in [6, 6.07) is 11.6. The highest BCUT2D eigenvalue weighted by atomic mass is 32.2. The highest BCUT2D eigenvalue weighted by Crippen LogP contribution is 2.38. The van der Waals surface area contributed by atoms with E-state index in [2.05, 4.69) is 10.6 Å². The van der Waals surface area contributed by atoms with Crippen LogP contribution >= 0.6 is 0 Å². The summed E-state index contributed by atoms with van der Waals surface area (Å²) in [5.41, 5.74) is 0.117. The lowest BCUT2D eigenvalue weighted by molar-refractivity contribution is -0.0906. The van der Waals surface area contributed by atoms with Crippen LogP contribution in [0.2, 0.25) is 0 Å². The van der Waals surface area contributed by atoms with Gasteiger partial charge in [-0.25, -0.2) is 18.0 Å². The molecule has 0 radical (unpaired) electrons. The van der Waals surface area contributed by atoms with E-state index in [1.54, 1.807) is 0 Å². The molecule has 2 saturated heterocycles. The quantitative estimate of drug-likeness (QED) is 0.233. The van der Waals surface area contributed by atoms with Gasteiger partial charge in [0.15, 0.2) is 17.8 Å². The molecule has 4 N–H and O–H groups in total. The summed E-state index contributed by atoms with van der Waals surface area (Å²) in [7, 11) is -2.75. The van der Waals surface area contributed by atoms with Crippen molar-refractivity contribution in [1.82, 2.24) is 19.8 Å². The molecule has 5 rings (SSSR count). The van der Waals surface area contributed by atoms with Gasteiger partial charge < -0.3 is 39.8 Å². The molecular formula is C32H44N4O10S. The van der Waals surface area contributed by atoms with E-state index in [1.807, 2.05) is 44.2 Å². The van der Waals surface area contributed by atoms with E-state index in [0.717, 1.165) is 5.56 Å². The van der Waals surface area contributed by atoms with Crippen LogP contribution in [0.4, 0.5) is 9.59 Å². The van der Waals surface area contributed by atoms with Gasteiger partial charge in [0, 0.05) is 38.7 Å². The van der Waals surface area contributed by atoms with Crippen LogP contribution in [0.25, 0.3) is 0 Å². The predicted molar refractivity (Wildman–Crippen MR) is 170 cm³/mol. The molecule has 0 aliphatic carbocycles. The Bertz CT molecular complexity index is 1510. The van der Waals surface area contributed by atoms with Crippen molar-refractivity contribution >= 4 is 22.1 Å². The van der Waals surface area contributed by atoms with Crippen molar-refractivity contribution in [2.24, 2.45) is 11.3 Å². The van der Waals surface area contributed by atoms with Gasteiger partial charge in [-0.2, -0.15) is 4.31 Å². The number of nitrogens with one attached hydrogen (secondary N) is 2. The Morgan fingerprint density at radius 3 is 2.55 bits per heavy atom. The molecule has 5 atom stereocenters. The van der Waals surface area contributed by atoms with Gasteiger partial charge in [0.2, 0.25) is 16.8 Å². The maximum absolute atomic E-state index is 14.3. The minimum atomic E-state index is -4.26. The maximum atomic E-state index is 14.3. The second-order valence-electron chi connectivity index (χ2n) is 12.8. The first kappa shape index (κ1) is 34.7. The fourth-order valence-corrected chi connectivity index (χ4v) is 8.12. The molecular weight excluding hydrogens is 632 g/mol. The highest BCUT2D eigenvalue weighted by Gasteiger charge is 2.49. The third-order valence-electron chi connectivity index (χ3n) is 8.97. The minimum absolute atomic E-state index is 0.0312. The third-order valence-corrected chi connectivity index (χ3v) is 10.8. The molecule has 258 valence electrons. The molecule has 14 nitrogen and oxygen atoms in total. The number of nitrogens with zero attached hydrogens (tertiary/aromatic N) is 2. The van der Waals surface area contributed by atoms with Gasteiger partial charge in [0.05, 0.1) is 36.3 Å². The number of fused-ring (bicyclic) bond motifs is 2. The summed E-state index contributed by atoms with van der Waals surface area (Å²) in [4.78, 5) is 25.9. The summed E-state index contributed by atoms with van der Waals surface area (Å²) < 4.78 is 52.1. The van der Waals surface area contributed by atoms with Gasteiger partial charge in [0.1, 0.15) is 0 Å². The number of ether oxygens (including phenoxy) is 4. The highest BCUT2D eigenvalue weighted by molar-refractivity contribution is 7.89. The smallest absolute Gasteiger partial charge is 0.407 e. The Kier molecular flexibility index (Phi) is 10.8. The van der Waals surface area contributed by atoms with Crippen molar-refractivity contribution in [1.29, 1.82) is 0 Å². The van der Waals surface area contributed by atoms with E-state index in [0.29, 0.717) is 25.2 Å². The molecule has 15 heteroatoms. The van der Waals surface area contributed by atoms with E-state index in [4.69, 9.17) is 18.9 Å². The monoisotopic (exact) mass is 676 g/mol. The first-order valence-corrected chi connectivity index (χ1v) is 17.2. The number of aliphatic hydroxyl groups is 1. The summed E-state index contributed by atoms with van der Waals surface area (Å²) in [5, 5.41) is 27.8. The van der Waals surface area contributed by atoms with E-state index < -0.39 is 52.6 Å². The van der Waals surface area contributed by atoms with E-state index in [1.165, 1.54) is 34.5 Å². The number of carbonyl (C=O) groups is 2. The topological polar surface area (TPSA) is 176 Å². The molecule has 3 aliphatic rings. The number of benzene rings is 2. The summed E-state index contributed by atoms with van der Waals surface area (Å²) >= 11 is 0. The van der Waals surface area contributed by atoms with Gasteiger partial charge in [-0.15, -0.1) is 0 Å². The van der Waals surface area contributed by atoms with Crippen LogP contribution in [0, 0.1) is 11.3 Å². The van der Waals surface area contributed by atoms with Crippen molar-refractivity contribution in [3.63, 3.8) is 0 Å². The molecule has 2 aromatic carbocycles. The number of sulfonamides is 1. The molecule has 0 saturated carbocycles. The lowest BCUT2D eigenvalue weighted by Gasteiger charge is -2.40. The van der Waals surface area contributed by atoms with Crippen LogP contribution in [0.5, 0.6) is 11.5 Å². The third kappa shape index (κ3) is 8.09. The fraction of sp³-hybridized carbons (Fsp3) is 0.562. The summed E-state index contributed by atoms with van der Waals surface area (Å²) in [5.74, 6) is 0.495. The maximum Gasteiger partial charge on any atom is 0.407 e. The number of aliphatic hydroxyl groups excluding tert-OH is 1. The SMILES string of the molecule is CNC(=O)NCCC(C)(C)CN(C[C@@H](O)[C@H](Cc1ccccc1)N(C(=O)O)[C@H]1CO[C@H]2OCC[C@H]21)S(=O)(=O)c1ccc2c(c1)OCO2. The molecule has 3 aliphatic heterocycles. The van der Waals surface area contributed by atoms with Crippen LogP contribution in [0.3, 0.4) is 0 Å². The van der Waals surface area contributed by atoms with Gasteiger partial charge in [-0.05, 0) is 42.4 Å². The lowest BCUT2D eigenvalue weighted by Crippen LogP contribution is -2.58. The fourth-order valence-electron chi connectivity index (χ4n) is 6.46. The molecule has 0 spiro atoms. The largest absolute Gasteiger partial charge is 0.465 e. The van der Waals surface area contributed by atoms with Gasteiger partial charge >= 0.3 is 12.1 Å². The normalized spacial score (nSPS) is 21.7. The van der Waals surface area contributed by atoms with Crippen LogP contribution in [0.15, 0.2) is 53.4 Å². The predicted octanol–water partition coefficient (Wildman–Crippen LogP) is 2.46. The number of amides is 3. The number of carbonyl (C=O) groups excluding carboxylic acids is 1. The van der Waals surface area contributed by atoms with Crippen molar-refractivity contribution in [2.75, 3.05) is 46.7 Å². The molecule has 0 unspecified atom stereocenters. The Balaban J connectivity index is 1.47. The van der Waals surface area contributed by atoms with Crippen LogP contribution in [0.1, 0.15) is 32.3 Å². The number of rotatable bonds is 14. The average Bonchev–Trinajstić information content (AvgIpc) is 3.79. The zero-order valence-electron chi connectivity index (χ0n) is 26.8. The standard InChI is InChI=1S/C32H44N4O10S/c1-32(2,12-13-34-30(38)33-3)19-35(47(41,42)22-9-10-27-28(16-22)46-20-45-27)17-26(37)24(15-21-7-5-4-6-8-21)36(31(39)40)25-18-44-29-23(25)11-14-43-29/h4-10,16,23-26,29,37H,11-15,17-20H2,1-3H3,(H,39,40)(H2,33,34,38)/t23-,24-,25-,26+,29+/m0/s1. The van der Waals surface area contributed by atoms with Crippen LogP contribution in [-0.2, 0) is 25.9 Å². The molecule has 3 heterocycles. The van der Waals surface area contributed by atoms with Crippen molar-refractivity contribution < 1.29 is 47.2 Å². The van der Waals surface area contributed by atoms with Crippen molar-refractivity contribution in [3.05, 3.63) is 54.1 Å². The molecule has 2 fully saturated rings. The zero-order valence-corrected chi connectivity index (χ0v) is 27.6. The van der Waals surface area contributed by atoms with Gasteiger partial charge in [0.25, 0.3) is 0 Å². The Morgan fingerprint density at radius 2 is 1.83 bits per heavy atom. The lowest BCUT2D eigenvalue weighted by atomic mass is 9.89. The van der Waals surface area contributed by atoms with Gasteiger partial charge in [-0.3, -0.25) is 4.90 Å².